The number of nitrogens with zero attached hydrogens (tertiary/aromatic N) is 2. The number of amides is 1. The molecule has 1 aromatic heterocycles. The van der Waals surface area contributed by atoms with E-state index in [0.717, 1.165) is 17.7 Å². The molecule has 0 spiro atoms. The van der Waals surface area contributed by atoms with Gasteiger partial charge in [0.2, 0.25) is 0 Å². The van der Waals surface area contributed by atoms with Crippen LogP contribution >= 0.6 is 0 Å². The van der Waals surface area contributed by atoms with Crippen molar-refractivity contribution in [3.8, 4) is 0 Å². The summed E-state index contributed by atoms with van der Waals surface area (Å²) in [5.74, 6) is -0.417. The highest BCUT2D eigenvalue weighted by molar-refractivity contribution is 5.96. The molecule has 1 aliphatic rings. The predicted octanol–water partition coefficient (Wildman–Crippen LogP) is 2.83. The molecule has 1 aliphatic carbocycles. The monoisotopic (exact) mass is 289 g/mol. The molecular formula is C13H18F3N3O. The summed E-state index contributed by atoms with van der Waals surface area (Å²) in [6.07, 6.45) is -2.64. The summed E-state index contributed by atoms with van der Waals surface area (Å²) in [6, 6.07) is -0.405. The molecule has 1 atom stereocenters. The average Bonchev–Trinajstić information content (AvgIpc) is 3.11. The van der Waals surface area contributed by atoms with E-state index in [9.17, 15) is 18.0 Å². The first-order valence-corrected chi connectivity index (χ1v) is 6.60. The summed E-state index contributed by atoms with van der Waals surface area (Å²) in [5, 5.41) is 6.52. The second-order valence-corrected chi connectivity index (χ2v) is 5.44. The minimum absolute atomic E-state index is 0.175. The van der Waals surface area contributed by atoms with Gasteiger partial charge in [0.05, 0.1) is 11.3 Å². The zero-order chi connectivity index (χ0) is 15.1. The van der Waals surface area contributed by atoms with E-state index < -0.39 is 24.7 Å². The number of hydrogen-bond donors (Lipinski definition) is 1. The van der Waals surface area contributed by atoms with Crippen LogP contribution in [0.4, 0.5) is 13.2 Å². The maximum Gasteiger partial charge on any atom is 0.406 e. The number of carbonyl (C=O) groups is 1. The number of aromatic nitrogens is 2. The van der Waals surface area contributed by atoms with Gasteiger partial charge in [0.1, 0.15) is 6.54 Å². The number of aromatic amines is 1. The van der Waals surface area contributed by atoms with Crippen LogP contribution in [-0.2, 0) is 0 Å². The molecule has 1 heterocycles. The molecule has 0 aliphatic heterocycles. The average molecular weight is 289 g/mol. The van der Waals surface area contributed by atoms with E-state index in [2.05, 4.69) is 10.2 Å². The lowest BCUT2D eigenvalue weighted by atomic mass is 10.1. The Morgan fingerprint density at radius 2 is 2.05 bits per heavy atom. The zero-order valence-corrected chi connectivity index (χ0v) is 11.7. The molecule has 1 aromatic rings. The molecule has 0 bridgehead atoms. The standard InChI is InChI=1S/C13H18F3N3O/c1-7-11(8(2)18-17-7)12(20)19(6-13(14,15)16)9(3)10-4-5-10/h9-10H,4-6H2,1-3H3,(H,17,18). The quantitative estimate of drug-likeness (QED) is 0.926. The Kier molecular flexibility index (Phi) is 3.80. The first-order valence-electron chi connectivity index (χ1n) is 6.60. The third-order valence-corrected chi connectivity index (χ3v) is 3.75. The van der Waals surface area contributed by atoms with Crippen LogP contribution in [0.3, 0.4) is 0 Å². The van der Waals surface area contributed by atoms with Gasteiger partial charge < -0.3 is 4.90 Å². The minimum Gasteiger partial charge on any atom is -0.326 e. The van der Waals surface area contributed by atoms with Crippen LogP contribution in [-0.4, -0.2) is 39.8 Å². The van der Waals surface area contributed by atoms with Crippen molar-refractivity contribution in [1.29, 1.82) is 0 Å². The lowest BCUT2D eigenvalue weighted by Crippen LogP contribution is -2.45. The van der Waals surface area contributed by atoms with Crippen LogP contribution in [0.25, 0.3) is 0 Å². The second-order valence-electron chi connectivity index (χ2n) is 5.44. The Labute approximate surface area is 115 Å². The number of nitrogens with one attached hydrogen (secondary N) is 1. The van der Waals surface area contributed by atoms with Gasteiger partial charge in [0.15, 0.2) is 0 Å². The number of alkyl halides is 3. The number of H-pyrrole nitrogens is 1. The summed E-state index contributed by atoms with van der Waals surface area (Å²) in [4.78, 5) is 13.4. The molecule has 20 heavy (non-hydrogen) atoms. The largest absolute Gasteiger partial charge is 0.406 e. The van der Waals surface area contributed by atoms with Gasteiger partial charge in [0.25, 0.3) is 5.91 Å². The highest BCUT2D eigenvalue weighted by Gasteiger charge is 2.41. The molecule has 1 saturated carbocycles. The van der Waals surface area contributed by atoms with Crippen molar-refractivity contribution in [2.75, 3.05) is 6.54 Å². The van der Waals surface area contributed by atoms with E-state index in [1.165, 1.54) is 0 Å². The fraction of sp³-hybridized carbons (Fsp3) is 0.692. The molecule has 0 saturated heterocycles. The third kappa shape index (κ3) is 3.13. The van der Waals surface area contributed by atoms with E-state index in [-0.39, 0.29) is 11.5 Å². The molecule has 1 unspecified atom stereocenters. The Balaban J connectivity index is 2.28. The van der Waals surface area contributed by atoms with E-state index >= 15 is 0 Å². The number of aryl methyl sites for hydroxylation is 2. The Bertz CT molecular complexity index is 486. The van der Waals surface area contributed by atoms with Crippen molar-refractivity contribution < 1.29 is 18.0 Å². The third-order valence-electron chi connectivity index (χ3n) is 3.75. The fourth-order valence-corrected chi connectivity index (χ4v) is 2.44. The smallest absolute Gasteiger partial charge is 0.326 e. The second kappa shape index (κ2) is 5.10. The van der Waals surface area contributed by atoms with E-state index in [1.807, 2.05) is 0 Å². The molecule has 1 amide bonds. The highest BCUT2D eigenvalue weighted by atomic mass is 19.4. The van der Waals surface area contributed by atoms with Gasteiger partial charge >= 0.3 is 6.18 Å². The van der Waals surface area contributed by atoms with Crippen molar-refractivity contribution >= 4 is 5.91 Å². The van der Waals surface area contributed by atoms with Crippen LogP contribution in [0.15, 0.2) is 0 Å². The number of carbonyl (C=O) groups excluding carboxylic acids is 1. The van der Waals surface area contributed by atoms with Crippen molar-refractivity contribution in [2.45, 2.75) is 45.8 Å². The molecule has 0 radical (unpaired) electrons. The maximum absolute atomic E-state index is 12.7. The highest BCUT2D eigenvalue weighted by Crippen LogP contribution is 2.37. The molecule has 7 heteroatoms. The number of hydrogen-bond acceptors (Lipinski definition) is 2. The van der Waals surface area contributed by atoms with Crippen molar-refractivity contribution in [1.82, 2.24) is 15.1 Å². The summed E-state index contributed by atoms with van der Waals surface area (Å²) in [5.41, 5.74) is 1.19. The molecule has 112 valence electrons. The summed E-state index contributed by atoms with van der Waals surface area (Å²) in [7, 11) is 0. The van der Waals surface area contributed by atoms with E-state index in [0.29, 0.717) is 11.4 Å². The summed E-state index contributed by atoms with van der Waals surface area (Å²) < 4.78 is 38.2. The number of rotatable bonds is 4. The molecule has 1 N–H and O–H groups in total. The van der Waals surface area contributed by atoms with Crippen molar-refractivity contribution in [3.05, 3.63) is 17.0 Å². The summed E-state index contributed by atoms with van der Waals surface area (Å²) in [6.45, 7) is 3.73. The van der Waals surface area contributed by atoms with Crippen molar-refractivity contribution in [3.63, 3.8) is 0 Å². The Morgan fingerprint density at radius 1 is 1.45 bits per heavy atom. The number of halogens is 3. The lowest BCUT2D eigenvalue weighted by molar-refractivity contribution is -0.144. The molecule has 4 nitrogen and oxygen atoms in total. The van der Waals surface area contributed by atoms with Crippen LogP contribution in [0.1, 0.15) is 41.5 Å². The first-order chi connectivity index (χ1) is 9.20. The molecule has 0 aromatic carbocycles. The predicted molar refractivity (Wildman–Crippen MR) is 67.3 cm³/mol. The van der Waals surface area contributed by atoms with Crippen LogP contribution in [0.5, 0.6) is 0 Å². The van der Waals surface area contributed by atoms with Crippen molar-refractivity contribution in [2.24, 2.45) is 5.92 Å². The van der Waals surface area contributed by atoms with E-state index in [1.54, 1.807) is 20.8 Å². The van der Waals surface area contributed by atoms with Gasteiger partial charge in [-0.1, -0.05) is 0 Å². The molecular weight excluding hydrogens is 271 g/mol. The molecule has 1 fully saturated rings. The van der Waals surface area contributed by atoms with Gasteiger partial charge in [-0.05, 0) is 39.5 Å². The van der Waals surface area contributed by atoms with Gasteiger partial charge in [-0.15, -0.1) is 0 Å². The first kappa shape index (κ1) is 14.9. The lowest BCUT2D eigenvalue weighted by Gasteiger charge is -2.30. The Morgan fingerprint density at radius 3 is 2.45 bits per heavy atom. The SMILES string of the molecule is Cc1n[nH]c(C)c1C(=O)N(CC(F)(F)F)C(C)C1CC1. The van der Waals surface area contributed by atoms with Gasteiger partial charge in [-0.25, -0.2) is 0 Å². The van der Waals surface area contributed by atoms with Gasteiger partial charge in [0, 0.05) is 11.7 Å². The zero-order valence-electron chi connectivity index (χ0n) is 11.7. The topological polar surface area (TPSA) is 49.0 Å². The van der Waals surface area contributed by atoms with Crippen LogP contribution in [0.2, 0.25) is 0 Å². The van der Waals surface area contributed by atoms with Gasteiger partial charge in [-0.2, -0.15) is 18.3 Å². The van der Waals surface area contributed by atoms with Crippen LogP contribution in [0, 0.1) is 19.8 Å². The summed E-state index contributed by atoms with van der Waals surface area (Å²) >= 11 is 0. The molecule has 2 rings (SSSR count). The normalized spacial score (nSPS) is 17.1. The Hall–Kier alpha value is -1.53. The van der Waals surface area contributed by atoms with E-state index in [4.69, 9.17) is 0 Å². The van der Waals surface area contributed by atoms with Crippen LogP contribution < -0.4 is 0 Å². The fourth-order valence-electron chi connectivity index (χ4n) is 2.44. The maximum atomic E-state index is 12.7. The van der Waals surface area contributed by atoms with Gasteiger partial charge in [-0.3, -0.25) is 9.89 Å². The minimum atomic E-state index is -4.40.